The van der Waals surface area contributed by atoms with Gasteiger partial charge in [-0.25, -0.2) is 9.97 Å². The third-order valence-electron chi connectivity index (χ3n) is 4.00. The number of amides is 1. The van der Waals surface area contributed by atoms with Gasteiger partial charge in [-0.2, -0.15) is 0 Å². The molecule has 1 atom stereocenters. The number of pyridine rings is 1. The zero-order valence-electron chi connectivity index (χ0n) is 14.1. The Labute approximate surface area is 150 Å². The zero-order valence-corrected chi connectivity index (χ0v) is 14.8. The highest BCUT2D eigenvalue weighted by molar-refractivity contribution is 6.30. The van der Waals surface area contributed by atoms with Gasteiger partial charge in [0.1, 0.15) is 11.1 Å². The molecule has 25 heavy (non-hydrogen) atoms. The molecule has 8 heteroatoms. The highest BCUT2D eigenvalue weighted by atomic mass is 35.5. The van der Waals surface area contributed by atoms with Gasteiger partial charge in [-0.1, -0.05) is 11.6 Å². The number of aromatic nitrogens is 3. The van der Waals surface area contributed by atoms with E-state index in [1.807, 2.05) is 19.9 Å². The number of piperidine rings is 1. The lowest BCUT2D eigenvalue weighted by Crippen LogP contribution is -2.44. The number of nitrogens with zero attached hydrogens (tertiary/aromatic N) is 3. The Hall–Kier alpha value is -2.41. The maximum absolute atomic E-state index is 12.6. The number of likely N-dealkylation sites (tertiary alicyclic amines) is 1. The van der Waals surface area contributed by atoms with Crippen LogP contribution in [0.5, 0.6) is 6.01 Å². The van der Waals surface area contributed by atoms with Crippen molar-refractivity contribution in [3.63, 3.8) is 0 Å². The summed E-state index contributed by atoms with van der Waals surface area (Å²) in [4.78, 5) is 36.7. The van der Waals surface area contributed by atoms with Crippen LogP contribution in [0, 0.1) is 13.8 Å². The highest BCUT2D eigenvalue weighted by Gasteiger charge is 2.26. The maximum Gasteiger partial charge on any atom is 0.317 e. The second-order valence-corrected chi connectivity index (χ2v) is 6.54. The normalized spacial score (nSPS) is 17.4. The van der Waals surface area contributed by atoms with Gasteiger partial charge in [0.2, 0.25) is 0 Å². The Kier molecular flexibility index (Phi) is 5.03. The molecule has 1 saturated heterocycles. The van der Waals surface area contributed by atoms with E-state index >= 15 is 0 Å². The quantitative estimate of drug-likeness (QED) is 0.903. The molecule has 1 fully saturated rings. The van der Waals surface area contributed by atoms with E-state index in [4.69, 9.17) is 16.3 Å². The van der Waals surface area contributed by atoms with Crippen LogP contribution in [-0.4, -0.2) is 45.0 Å². The first-order chi connectivity index (χ1) is 11.9. The van der Waals surface area contributed by atoms with Gasteiger partial charge in [-0.3, -0.25) is 9.59 Å². The summed E-state index contributed by atoms with van der Waals surface area (Å²) in [5, 5.41) is -0.000652. The Morgan fingerprint density at radius 1 is 1.32 bits per heavy atom. The number of aryl methyl sites for hydroxylation is 2. The van der Waals surface area contributed by atoms with E-state index in [2.05, 4.69) is 15.0 Å². The lowest BCUT2D eigenvalue weighted by atomic mass is 10.1. The molecular formula is C17H19ClN4O3. The lowest BCUT2D eigenvalue weighted by molar-refractivity contribution is 0.0514. The first-order valence-electron chi connectivity index (χ1n) is 8.09. The van der Waals surface area contributed by atoms with Crippen molar-refractivity contribution in [2.45, 2.75) is 32.8 Å². The summed E-state index contributed by atoms with van der Waals surface area (Å²) in [6.45, 7) is 4.84. The molecule has 3 rings (SSSR count). The standard InChI is InChI=1S/C17H19ClN4O3/c1-10-6-11(2)21-17(20-10)25-13-4-3-5-22(9-13)16(24)12-7-14(18)15(23)19-8-12/h6-8,13H,3-5,9H2,1-2H3,(H,19,23). The molecule has 0 spiro atoms. The molecule has 3 heterocycles. The minimum absolute atomic E-state index is 0.000652. The van der Waals surface area contributed by atoms with E-state index in [0.29, 0.717) is 24.7 Å². The molecule has 1 N–H and O–H groups in total. The fraction of sp³-hybridized carbons (Fsp3) is 0.412. The van der Waals surface area contributed by atoms with Crippen LogP contribution in [0.15, 0.2) is 23.1 Å². The minimum atomic E-state index is -0.412. The van der Waals surface area contributed by atoms with Gasteiger partial charge in [0.25, 0.3) is 11.5 Å². The summed E-state index contributed by atoms with van der Waals surface area (Å²) in [5.74, 6) is -0.187. The molecule has 1 amide bonds. The topological polar surface area (TPSA) is 88.2 Å². The molecule has 1 aliphatic rings. The predicted molar refractivity (Wildman–Crippen MR) is 93.1 cm³/mol. The van der Waals surface area contributed by atoms with E-state index in [-0.39, 0.29) is 17.0 Å². The summed E-state index contributed by atoms with van der Waals surface area (Å²) < 4.78 is 5.88. The van der Waals surface area contributed by atoms with Gasteiger partial charge in [0.05, 0.1) is 12.1 Å². The molecule has 0 radical (unpaired) electrons. The van der Waals surface area contributed by atoms with Gasteiger partial charge in [-0.15, -0.1) is 0 Å². The molecule has 0 aromatic carbocycles. The molecule has 0 aliphatic carbocycles. The van der Waals surface area contributed by atoms with Crippen LogP contribution < -0.4 is 10.3 Å². The molecule has 7 nitrogen and oxygen atoms in total. The number of nitrogens with one attached hydrogen (secondary N) is 1. The van der Waals surface area contributed by atoms with Gasteiger partial charge >= 0.3 is 6.01 Å². The van der Waals surface area contributed by atoms with Gasteiger partial charge in [0.15, 0.2) is 0 Å². The first kappa shape index (κ1) is 17.4. The number of hydrogen-bond donors (Lipinski definition) is 1. The average molecular weight is 363 g/mol. The van der Waals surface area contributed by atoms with Crippen molar-refractivity contribution in [2.24, 2.45) is 0 Å². The van der Waals surface area contributed by atoms with Crippen LogP contribution >= 0.6 is 11.6 Å². The maximum atomic E-state index is 12.6. The number of H-pyrrole nitrogens is 1. The lowest BCUT2D eigenvalue weighted by Gasteiger charge is -2.32. The number of hydrogen-bond acceptors (Lipinski definition) is 5. The fourth-order valence-electron chi connectivity index (χ4n) is 2.88. The first-order valence-corrected chi connectivity index (χ1v) is 8.46. The summed E-state index contributed by atoms with van der Waals surface area (Å²) in [6.07, 6.45) is 2.86. The summed E-state index contributed by atoms with van der Waals surface area (Å²) in [6, 6.07) is 3.60. The van der Waals surface area contributed by atoms with Crippen molar-refractivity contribution in [2.75, 3.05) is 13.1 Å². The molecule has 132 valence electrons. The molecule has 1 unspecified atom stereocenters. The van der Waals surface area contributed by atoms with Crippen molar-refractivity contribution in [3.05, 3.63) is 50.7 Å². The van der Waals surface area contributed by atoms with Gasteiger partial charge < -0.3 is 14.6 Å². The summed E-state index contributed by atoms with van der Waals surface area (Å²) in [7, 11) is 0. The minimum Gasteiger partial charge on any atom is -0.458 e. The molecule has 0 saturated carbocycles. The van der Waals surface area contributed by atoms with Crippen LogP contribution in [0.3, 0.4) is 0 Å². The van der Waals surface area contributed by atoms with Crippen molar-refractivity contribution in [1.82, 2.24) is 19.9 Å². The van der Waals surface area contributed by atoms with Crippen molar-refractivity contribution >= 4 is 17.5 Å². The SMILES string of the molecule is Cc1cc(C)nc(OC2CCCN(C(=O)c3c[nH]c(=O)c(Cl)c3)C2)n1. The monoisotopic (exact) mass is 362 g/mol. The summed E-state index contributed by atoms with van der Waals surface area (Å²) >= 11 is 5.81. The van der Waals surface area contributed by atoms with Crippen LogP contribution in [-0.2, 0) is 0 Å². The largest absolute Gasteiger partial charge is 0.458 e. The van der Waals surface area contributed by atoms with E-state index in [0.717, 1.165) is 24.2 Å². The average Bonchev–Trinajstić information content (AvgIpc) is 2.56. The second-order valence-electron chi connectivity index (χ2n) is 6.13. The van der Waals surface area contributed by atoms with E-state index in [1.165, 1.54) is 12.3 Å². The number of halogens is 1. The number of aromatic amines is 1. The van der Waals surface area contributed by atoms with Crippen molar-refractivity contribution < 1.29 is 9.53 Å². The predicted octanol–water partition coefficient (Wildman–Crippen LogP) is 2.12. The van der Waals surface area contributed by atoms with Crippen LogP contribution in [0.4, 0.5) is 0 Å². The van der Waals surface area contributed by atoms with Crippen LogP contribution in [0.25, 0.3) is 0 Å². The zero-order chi connectivity index (χ0) is 18.0. The van der Waals surface area contributed by atoms with E-state index < -0.39 is 5.56 Å². The molecule has 0 bridgehead atoms. The smallest absolute Gasteiger partial charge is 0.317 e. The van der Waals surface area contributed by atoms with E-state index in [1.54, 1.807) is 4.90 Å². The summed E-state index contributed by atoms with van der Waals surface area (Å²) in [5.41, 5.74) is 1.63. The van der Waals surface area contributed by atoms with Crippen molar-refractivity contribution in [1.29, 1.82) is 0 Å². The molecule has 1 aliphatic heterocycles. The number of rotatable bonds is 3. The fourth-order valence-corrected chi connectivity index (χ4v) is 3.05. The second kappa shape index (κ2) is 7.23. The highest BCUT2D eigenvalue weighted by Crippen LogP contribution is 2.18. The van der Waals surface area contributed by atoms with Crippen LogP contribution in [0.2, 0.25) is 5.02 Å². The van der Waals surface area contributed by atoms with Gasteiger partial charge in [-0.05, 0) is 38.8 Å². The Morgan fingerprint density at radius 2 is 2.04 bits per heavy atom. The third-order valence-corrected chi connectivity index (χ3v) is 4.28. The number of carbonyl (C=O) groups excluding carboxylic acids is 1. The number of carbonyl (C=O) groups is 1. The Balaban J connectivity index is 1.70. The van der Waals surface area contributed by atoms with Gasteiger partial charge in [0, 0.05) is 24.1 Å². The van der Waals surface area contributed by atoms with Crippen LogP contribution in [0.1, 0.15) is 34.6 Å². The van der Waals surface area contributed by atoms with E-state index in [9.17, 15) is 9.59 Å². The number of ether oxygens (including phenoxy) is 1. The molecule has 2 aromatic rings. The molecule has 2 aromatic heterocycles. The Bertz CT molecular complexity index is 832. The van der Waals surface area contributed by atoms with Crippen molar-refractivity contribution in [3.8, 4) is 6.01 Å². The Morgan fingerprint density at radius 3 is 2.72 bits per heavy atom. The third kappa shape index (κ3) is 4.17. The molecular weight excluding hydrogens is 344 g/mol.